The predicted octanol–water partition coefficient (Wildman–Crippen LogP) is -0.284. The SMILES string of the molecule is CCN(CC)C1CNCCN1C=O. The fourth-order valence-corrected chi connectivity index (χ4v) is 1.81. The summed E-state index contributed by atoms with van der Waals surface area (Å²) < 4.78 is 0. The molecule has 1 amide bonds. The fraction of sp³-hybridized carbons (Fsp3) is 0.889. The van der Waals surface area contributed by atoms with Crippen LogP contribution in [0.2, 0.25) is 0 Å². The number of hydrogen-bond donors (Lipinski definition) is 1. The Labute approximate surface area is 79.9 Å². The Balaban J connectivity index is 2.56. The van der Waals surface area contributed by atoms with Crippen LogP contribution >= 0.6 is 0 Å². The average Bonchev–Trinajstić information content (AvgIpc) is 2.20. The van der Waals surface area contributed by atoms with Gasteiger partial charge in [-0.05, 0) is 13.1 Å². The molecule has 13 heavy (non-hydrogen) atoms. The minimum absolute atomic E-state index is 0.251. The molecule has 0 aromatic heterocycles. The molecular weight excluding hydrogens is 166 g/mol. The third-order valence-electron chi connectivity index (χ3n) is 2.63. The van der Waals surface area contributed by atoms with Crippen molar-refractivity contribution in [1.29, 1.82) is 0 Å². The molecule has 0 aromatic rings. The highest BCUT2D eigenvalue weighted by Crippen LogP contribution is 2.05. The van der Waals surface area contributed by atoms with Gasteiger partial charge in [0.05, 0.1) is 6.17 Å². The number of carbonyl (C=O) groups excluding carboxylic acids is 1. The molecular formula is C9H19N3O. The van der Waals surface area contributed by atoms with E-state index in [1.165, 1.54) is 0 Å². The van der Waals surface area contributed by atoms with Gasteiger partial charge < -0.3 is 10.2 Å². The van der Waals surface area contributed by atoms with Gasteiger partial charge >= 0.3 is 0 Å². The van der Waals surface area contributed by atoms with Gasteiger partial charge in [-0.3, -0.25) is 9.69 Å². The molecule has 1 aliphatic rings. The van der Waals surface area contributed by atoms with Crippen LogP contribution in [0.4, 0.5) is 0 Å². The number of rotatable bonds is 4. The third kappa shape index (κ3) is 2.42. The summed E-state index contributed by atoms with van der Waals surface area (Å²) in [6.45, 7) is 8.87. The van der Waals surface area contributed by atoms with Crippen LogP contribution in [-0.2, 0) is 4.79 Å². The Morgan fingerprint density at radius 2 is 2.23 bits per heavy atom. The van der Waals surface area contributed by atoms with Gasteiger partial charge in [0.1, 0.15) is 0 Å². The lowest BCUT2D eigenvalue weighted by molar-refractivity contribution is -0.125. The summed E-state index contributed by atoms with van der Waals surface area (Å²) in [5.41, 5.74) is 0. The molecule has 0 aliphatic carbocycles. The first-order valence-corrected chi connectivity index (χ1v) is 4.99. The molecule has 1 N–H and O–H groups in total. The molecule has 0 spiro atoms. The number of amides is 1. The molecule has 1 saturated heterocycles. The Morgan fingerprint density at radius 1 is 1.54 bits per heavy atom. The molecule has 1 fully saturated rings. The lowest BCUT2D eigenvalue weighted by atomic mass is 10.3. The van der Waals surface area contributed by atoms with E-state index >= 15 is 0 Å². The van der Waals surface area contributed by atoms with Crippen molar-refractivity contribution in [3.8, 4) is 0 Å². The second kappa shape index (κ2) is 5.19. The maximum absolute atomic E-state index is 10.8. The average molecular weight is 185 g/mol. The summed E-state index contributed by atoms with van der Waals surface area (Å²) in [5.74, 6) is 0. The van der Waals surface area contributed by atoms with Crippen LogP contribution in [0.25, 0.3) is 0 Å². The van der Waals surface area contributed by atoms with Crippen LogP contribution < -0.4 is 5.32 Å². The summed E-state index contributed by atoms with van der Waals surface area (Å²) in [7, 11) is 0. The smallest absolute Gasteiger partial charge is 0.211 e. The molecule has 1 atom stereocenters. The normalized spacial score (nSPS) is 23.6. The topological polar surface area (TPSA) is 35.6 Å². The van der Waals surface area contributed by atoms with Crippen molar-refractivity contribution < 1.29 is 4.79 Å². The van der Waals surface area contributed by atoms with E-state index < -0.39 is 0 Å². The zero-order chi connectivity index (χ0) is 9.68. The van der Waals surface area contributed by atoms with E-state index in [0.29, 0.717) is 0 Å². The van der Waals surface area contributed by atoms with Gasteiger partial charge in [-0.1, -0.05) is 13.8 Å². The lowest BCUT2D eigenvalue weighted by Gasteiger charge is -2.40. The van der Waals surface area contributed by atoms with Gasteiger partial charge in [-0.2, -0.15) is 0 Å². The Morgan fingerprint density at radius 3 is 2.77 bits per heavy atom. The Bertz CT molecular complexity index is 159. The van der Waals surface area contributed by atoms with Crippen LogP contribution in [0.3, 0.4) is 0 Å². The molecule has 4 heteroatoms. The van der Waals surface area contributed by atoms with Crippen LogP contribution in [0.15, 0.2) is 0 Å². The van der Waals surface area contributed by atoms with Crippen molar-refractivity contribution in [3.05, 3.63) is 0 Å². The Hall–Kier alpha value is -0.610. The Kier molecular flexibility index (Phi) is 4.18. The van der Waals surface area contributed by atoms with Gasteiger partial charge in [0.2, 0.25) is 6.41 Å². The lowest BCUT2D eigenvalue weighted by Crippen LogP contribution is -2.58. The third-order valence-corrected chi connectivity index (χ3v) is 2.63. The highest BCUT2D eigenvalue weighted by Gasteiger charge is 2.24. The summed E-state index contributed by atoms with van der Waals surface area (Å²) in [4.78, 5) is 14.9. The summed E-state index contributed by atoms with van der Waals surface area (Å²) >= 11 is 0. The largest absolute Gasteiger partial charge is 0.327 e. The quantitative estimate of drug-likeness (QED) is 0.612. The van der Waals surface area contributed by atoms with Crippen LogP contribution in [0.5, 0.6) is 0 Å². The minimum atomic E-state index is 0.251. The molecule has 1 unspecified atom stereocenters. The zero-order valence-corrected chi connectivity index (χ0v) is 8.49. The standard InChI is InChI=1S/C9H19N3O/c1-3-11(4-2)9-7-10-5-6-12(9)8-13/h8-10H,3-7H2,1-2H3. The molecule has 4 nitrogen and oxygen atoms in total. The molecule has 0 radical (unpaired) electrons. The molecule has 0 bridgehead atoms. The van der Waals surface area contributed by atoms with Crippen molar-refractivity contribution in [1.82, 2.24) is 15.1 Å². The highest BCUT2D eigenvalue weighted by molar-refractivity contribution is 5.48. The van der Waals surface area contributed by atoms with Crippen molar-refractivity contribution in [2.75, 3.05) is 32.7 Å². The number of nitrogens with zero attached hydrogens (tertiary/aromatic N) is 2. The number of hydrogen-bond acceptors (Lipinski definition) is 3. The number of piperazine rings is 1. The maximum atomic E-state index is 10.8. The first-order chi connectivity index (χ1) is 6.33. The van der Waals surface area contributed by atoms with Gasteiger partial charge in [0, 0.05) is 19.6 Å². The summed E-state index contributed by atoms with van der Waals surface area (Å²) in [6.07, 6.45) is 1.21. The van der Waals surface area contributed by atoms with E-state index in [9.17, 15) is 4.79 Å². The van der Waals surface area contributed by atoms with E-state index in [1.54, 1.807) is 0 Å². The van der Waals surface area contributed by atoms with Crippen LogP contribution in [0.1, 0.15) is 13.8 Å². The summed E-state index contributed by atoms with van der Waals surface area (Å²) in [6, 6.07) is 0. The fourth-order valence-electron chi connectivity index (χ4n) is 1.81. The van der Waals surface area contributed by atoms with Gasteiger partial charge in [-0.15, -0.1) is 0 Å². The van der Waals surface area contributed by atoms with Crippen molar-refractivity contribution in [2.24, 2.45) is 0 Å². The predicted molar refractivity (Wildman–Crippen MR) is 52.3 cm³/mol. The highest BCUT2D eigenvalue weighted by atomic mass is 16.1. The second-order valence-electron chi connectivity index (χ2n) is 3.25. The summed E-state index contributed by atoms with van der Waals surface area (Å²) in [5, 5.41) is 3.31. The van der Waals surface area contributed by atoms with Crippen LogP contribution in [-0.4, -0.2) is 55.1 Å². The molecule has 0 saturated carbocycles. The van der Waals surface area contributed by atoms with Gasteiger partial charge in [-0.25, -0.2) is 0 Å². The monoisotopic (exact) mass is 185 g/mol. The number of nitrogens with one attached hydrogen (secondary N) is 1. The first-order valence-electron chi connectivity index (χ1n) is 4.99. The molecule has 0 aromatic carbocycles. The first kappa shape index (κ1) is 10.5. The molecule has 1 aliphatic heterocycles. The van der Waals surface area contributed by atoms with E-state index in [2.05, 4.69) is 24.1 Å². The zero-order valence-electron chi connectivity index (χ0n) is 8.49. The van der Waals surface area contributed by atoms with Crippen molar-refractivity contribution in [3.63, 3.8) is 0 Å². The molecule has 1 heterocycles. The van der Waals surface area contributed by atoms with Crippen molar-refractivity contribution in [2.45, 2.75) is 20.0 Å². The van der Waals surface area contributed by atoms with E-state index in [4.69, 9.17) is 0 Å². The van der Waals surface area contributed by atoms with E-state index in [1.807, 2.05) is 4.90 Å². The number of likely N-dealkylation sites (N-methyl/N-ethyl adjacent to an activating group) is 1. The molecule has 76 valence electrons. The van der Waals surface area contributed by atoms with E-state index in [0.717, 1.165) is 39.1 Å². The van der Waals surface area contributed by atoms with Gasteiger partial charge in [0.25, 0.3) is 0 Å². The maximum Gasteiger partial charge on any atom is 0.211 e. The minimum Gasteiger partial charge on any atom is -0.327 e. The van der Waals surface area contributed by atoms with E-state index in [-0.39, 0.29) is 6.17 Å². The van der Waals surface area contributed by atoms with Gasteiger partial charge in [0.15, 0.2) is 0 Å². The number of carbonyl (C=O) groups is 1. The molecule has 1 rings (SSSR count). The second-order valence-corrected chi connectivity index (χ2v) is 3.25. The van der Waals surface area contributed by atoms with Crippen LogP contribution in [0, 0.1) is 0 Å². The van der Waals surface area contributed by atoms with Crippen molar-refractivity contribution >= 4 is 6.41 Å².